The van der Waals surface area contributed by atoms with E-state index in [0.717, 1.165) is 24.8 Å². The Morgan fingerprint density at radius 2 is 2.10 bits per heavy atom. The summed E-state index contributed by atoms with van der Waals surface area (Å²) < 4.78 is 1.78. The van der Waals surface area contributed by atoms with Crippen molar-refractivity contribution in [1.82, 2.24) is 20.0 Å². The number of unbranched alkanes of at least 4 members (excludes halogenated alkanes) is 1. The van der Waals surface area contributed by atoms with Crippen LogP contribution in [0.25, 0.3) is 11.3 Å². The average Bonchev–Trinajstić information content (AvgIpc) is 3.19. The predicted molar refractivity (Wildman–Crippen MR) is 113 cm³/mol. The average molecular weight is 435 g/mol. The first-order chi connectivity index (χ1) is 14.4. The van der Waals surface area contributed by atoms with Gasteiger partial charge in [-0.25, -0.2) is 0 Å². The summed E-state index contributed by atoms with van der Waals surface area (Å²) >= 11 is 5.97. The van der Waals surface area contributed by atoms with E-state index in [1.165, 1.54) is 4.90 Å². The maximum absolute atomic E-state index is 13.0. The molecule has 2 unspecified atom stereocenters. The second-order valence-electron chi connectivity index (χ2n) is 7.49. The summed E-state index contributed by atoms with van der Waals surface area (Å²) in [5.41, 5.74) is 2.01. The van der Waals surface area contributed by atoms with Gasteiger partial charge in [-0.1, -0.05) is 43.5 Å². The van der Waals surface area contributed by atoms with Crippen molar-refractivity contribution < 1.29 is 19.8 Å². The molecule has 30 heavy (non-hydrogen) atoms. The van der Waals surface area contributed by atoms with Crippen LogP contribution >= 0.6 is 11.6 Å². The minimum atomic E-state index is -1.02. The van der Waals surface area contributed by atoms with E-state index in [4.69, 9.17) is 16.7 Å². The third-order valence-corrected chi connectivity index (χ3v) is 5.38. The molecule has 3 rings (SSSR count). The van der Waals surface area contributed by atoms with E-state index in [2.05, 4.69) is 17.3 Å². The number of benzene rings is 1. The Bertz CT molecular complexity index is 884. The third-order valence-electron chi connectivity index (χ3n) is 5.13. The first-order valence-electron chi connectivity index (χ1n) is 10.1. The summed E-state index contributed by atoms with van der Waals surface area (Å²) in [7, 11) is 0. The molecule has 1 aromatic carbocycles. The SMILES string of the molecule is CCCCC1CN(CC(=O)NCC(O)CO)C(=O)c2cc(-c3ccc(Cl)cc3)nn21. The number of carbonyl (C=O) groups excluding carboxylic acids is 2. The van der Waals surface area contributed by atoms with Gasteiger partial charge < -0.3 is 20.4 Å². The van der Waals surface area contributed by atoms with Crippen LogP contribution in [0.4, 0.5) is 0 Å². The lowest BCUT2D eigenvalue weighted by molar-refractivity contribution is -0.122. The molecule has 8 nitrogen and oxygen atoms in total. The van der Waals surface area contributed by atoms with Crippen molar-refractivity contribution in [2.75, 3.05) is 26.2 Å². The second-order valence-corrected chi connectivity index (χ2v) is 7.92. The summed E-state index contributed by atoms with van der Waals surface area (Å²) in [6.07, 6.45) is 1.83. The number of nitrogens with zero attached hydrogens (tertiary/aromatic N) is 3. The van der Waals surface area contributed by atoms with Crippen molar-refractivity contribution >= 4 is 23.4 Å². The van der Waals surface area contributed by atoms with Gasteiger partial charge in [0.2, 0.25) is 5.91 Å². The van der Waals surface area contributed by atoms with Crippen molar-refractivity contribution in [3.05, 3.63) is 41.0 Å². The molecule has 0 radical (unpaired) electrons. The molecule has 2 aromatic rings. The van der Waals surface area contributed by atoms with Crippen molar-refractivity contribution in [2.24, 2.45) is 0 Å². The zero-order chi connectivity index (χ0) is 21.7. The van der Waals surface area contributed by atoms with Gasteiger partial charge >= 0.3 is 0 Å². The van der Waals surface area contributed by atoms with E-state index in [0.29, 0.717) is 23.0 Å². The molecule has 9 heteroatoms. The Balaban J connectivity index is 1.81. The lowest BCUT2D eigenvalue weighted by atomic mass is 10.1. The fourth-order valence-corrected chi connectivity index (χ4v) is 3.61. The first-order valence-corrected chi connectivity index (χ1v) is 10.5. The molecule has 1 aliphatic heterocycles. The third kappa shape index (κ3) is 5.19. The quantitative estimate of drug-likeness (QED) is 0.558. The number of aliphatic hydroxyl groups excluding tert-OH is 2. The van der Waals surface area contributed by atoms with Crippen molar-refractivity contribution in [1.29, 1.82) is 0 Å². The molecule has 0 aliphatic carbocycles. The molecule has 0 bridgehead atoms. The predicted octanol–water partition coefficient (Wildman–Crippen LogP) is 1.86. The highest BCUT2D eigenvalue weighted by Crippen LogP contribution is 2.29. The Kier molecular flexibility index (Phi) is 7.47. The highest BCUT2D eigenvalue weighted by Gasteiger charge is 2.33. The number of hydrogen-bond acceptors (Lipinski definition) is 5. The largest absolute Gasteiger partial charge is 0.394 e. The molecule has 1 aliphatic rings. The number of hydrogen-bond donors (Lipinski definition) is 3. The molecular formula is C21H27ClN4O4. The van der Waals surface area contributed by atoms with Crippen LogP contribution in [0.15, 0.2) is 30.3 Å². The van der Waals surface area contributed by atoms with Crippen LogP contribution in [0.3, 0.4) is 0 Å². The highest BCUT2D eigenvalue weighted by molar-refractivity contribution is 6.30. The van der Waals surface area contributed by atoms with E-state index in [9.17, 15) is 14.7 Å². The monoisotopic (exact) mass is 434 g/mol. The Labute approximate surface area is 180 Å². The van der Waals surface area contributed by atoms with Crippen LogP contribution in [-0.2, 0) is 4.79 Å². The van der Waals surface area contributed by atoms with Gasteiger partial charge in [0.1, 0.15) is 5.69 Å². The number of amides is 2. The lowest BCUT2D eigenvalue weighted by Gasteiger charge is -2.33. The summed E-state index contributed by atoms with van der Waals surface area (Å²) in [6.45, 7) is 1.89. The maximum atomic E-state index is 13.0. The van der Waals surface area contributed by atoms with Crippen LogP contribution in [0, 0.1) is 0 Å². The fourth-order valence-electron chi connectivity index (χ4n) is 3.49. The van der Waals surface area contributed by atoms with Crippen molar-refractivity contribution in [3.8, 4) is 11.3 Å². The van der Waals surface area contributed by atoms with E-state index < -0.39 is 12.7 Å². The molecule has 2 heterocycles. The van der Waals surface area contributed by atoms with E-state index in [1.54, 1.807) is 22.9 Å². The number of nitrogens with one attached hydrogen (secondary N) is 1. The highest BCUT2D eigenvalue weighted by atomic mass is 35.5. The maximum Gasteiger partial charge on any atom is 0.272 e. The molecule has 0 spiro atoms. The molecule has 0 fully saturated rings. The van der Waals surface area contributed by atoms with E-state index >= 15 is 0 Å². The smallest absolute Gasteiger partial charge is 0.272 e. The van der Waals surface area contributed by atoms with Gasteiger partial charge in [-0.3, -0.25) is 14.3 Å². The molecular weight excluding hydrogens is 408 g/mol. The molecule has 0 saturated heterocycles. The van der Waals surface area contributed by atoms with Crippen molar-refractivity contribution in [3.63, 3.8) is 0 Å². The van der Waals surface area contributed by atoms with Gasteiger partial charge in [-0.05, 0) is 24.6 Å². The molecule has 1 aromatic heterocycles. The van der Waals surface area contributed by atoms with Gasteiger partial charge in [-0.15, -0.1) is 0 Å². The van der Waals surface area contributed by atoms with Crippen LogP contribution in [-0.4, -0.2) is 69.1 Å². The Hall–Kier alpha value is -2.42. The minimum Gasteiger partial charge on any atom is -0.394 e. The van der Waals surface area contributed by atoms with Crippen LogP contribution in [0.2, 0.25) is 5.02 Å². The molecule has 0 saturated carbocycles. The number of carbonyl (C=O) groups is 2. The summed E-state index contributed by atoms with van der Waals surface area (Å²) in [5, 5.41) is 26.1. The number of aromatic nitrogens is 2. The van der Waals surface area contributed by atoms with Gasteiger partial charge in [0.15, 0.2) is 0 Å². The summed E-state index contributed by atoms with van der Waals surface area (Å²) in [4.78, 5) is 26.8. The second kappa shape index (κ2) is 10.1. The standard InChI is InChI=1S/C21H27ClN4O4/c1-2-3-4-16-11-25(12-20(29)23-10-17(28)13-27)21(30)19-9-18(24-26(16)19)14-5-7-15(22)8-6-14/h5-9,16-17,27-28H,2-4,10-13H2,1H3,(H,23,29). The van der Waals surface area contributed by atoms with Gasteiger partial charge in [0.05, 0.1) is 31.0 Å². The number of aliphatic hydroxyl groups is 2. The van der Waals surface area contributed by atoms with Gasteiger partial charge in [0, 0.05) is 23.7 Å². The normalized spacial score (nSPS) is 17.0. The topological polar surface area (TPSA) is 108 Å². The zero-order valence-electron chi connectivity index (χ0n) is 16.9. The summed E-state index contributed by atoms with van der Waals surface area (Å²) in [6, 6.07) is 9.02. The Morgan fingerprint density at radius 3 is 2.77 bits per heavy atom. The van der Waals surface area contributed by atoms with E-state index in [-0.39, 0.29) is 30.9 Å². The van der Waals surface area contributed by atoms with Crippen molar-refractivity contribution in [2.45, 2.75) is 38.3 Å². The number of rotatable bonds is 9. The lowest BCUT2D eigenvalue weighted by Crippen LogP contribution is -2.48. The number of fused-ring (bicyclic) bond motifs is 1. The van der Waals surface area contributed by atoms with E-state index in [1.807, 2.05) is 12.1 Å². The van der Waals surface area contributed by atoms with Crippen LogP contribution < -0.4 is 5.32 Å². The molecule has 3 N–H and O–H groups in total. The van der Waals surface area contributed by atoms with Gasteiger partial charge in [-0.2, -0.15) is 5.10 Å². The molecule has 2 atom stereocenters. The minimum absolute atomic E-state index is 0.0190. The zero-order valence-corrected chi connectivity index (χ0v) is 17.7. The molecule has 162 valence electrons. The molecule has 2 amide bonds. The Morgan fingerprint density at radius 1 is 1.37 bits per heavy atom. The number of halogens is 1. The van der Waals surface area contributed by atoms with Crippen LogP contribution in [0.5, 0.6) is 0 Å². The first kappa shape index (κ1) is 22.3. The van der Waals surface area contributed by atoms with Crippen LogP contribution in [0.1, 0.15) is 42.7 Å². The summed E-state index contributed by atoms with van der Waals surface area (Å²) in [5.74, 6) is -0.635. The fraction of sp³-hybridized carbons (Fsp3) is 0.476. The van der Waals surface area contributed by atoms with Gasteiger partial charge in [0.25, 0.3) is 5.91 Å².